The van der Waals surface area contributed by atoms with Crippen molar-refractivity contribution >= 4 is 12.1 Å². The Morgan fingerprint density at radius 3 is 2.44 bits per heavy atom. The van der Waals surface area contributed by atoms with Crippen LogP contribution in [-0.4, -0.2) is 23.7 Å². The van der Waals surface area contributed by atoms with E-state index in [1.165, 1.54) is 0 Å². The van der Waals surface area contributed by atoms with Crippen LogP contribution in [0.1, 0.15) is 52.5 Å². The Balaban J connectivity index is 2.73. The minimum Gasteiger partial charge on any atom is -0.459 e. The molecule has 0 spiro atoms. The standard InChI is InChI=1S/C22H31NO4/c1-6-11-17(7-2)14-15-19(23-21(25)27-22(3,4)5)20(24)26-16-18-12-9-8-10-13-18/h6-10,12-13,19H,1,11,14-16H2,2-5H3,(H,23,25)/b17-7+/t19-/m0/s1. The number of carbonyl (C=O) groups excluding carboxylic acids is 2. The summed E-state index contributed by atoms with van der Waals surface area (Å²) < 4.78 is 10.7. The van der Waals surface area contributed by atoms with Gasteiger partial charge in [0.1, 0.15) is 18.2 Å². The lowest BCUT2D eigenvalue weighted by Gasteiger charge is -2.23. The quantitative estimate of drug-likeness (QED) is 0.493. The van der Waals surface area contributed by atoms with Crippen molar-refractivity contribution in [2.75, 3.05) is 0 Å². The summed E-state index contributed by atoms with van der Waals surface area (Å²) in [6, 6.07) is 8.65. The lowest BCUT2D eigenvalue weighted by atomic mass is 10.0. The van der Waals surface area contributed by atoms with Crippen molar-refractivity contribution in [2.24, 2.45) is 0 Å². The van der Waals surface area contributed by atoms with Crippen molar-refractivity contribution in [2.45, 2.75) is 65.2 Å². The van der Waals surface area contributed by atoms with Gasteiger partial charge in [0.05, 0.1) is 0 Å². The molecular weight excluding hydrogens is 342 g/mol. The van der Waals surface area contributed by atoms with Gasteiger partial charge in [0.15, 0.2) is 0 Å². The number of ether oxygens (including phenoxy) is 2. The average Bonchev–Trinajstić information content (AvgIpc) is 2.61. The van der Waals surface area contributed by atoms with E-state index in [0.717, 1.165) is 17.6 Å². The fourth-order valence-corrected chi connectivity index (χ4v) is 2.41. The van der Waals surface area contributed by atoms with Gasteiger partial charge in [-0.05, 0) is 52.5 Å². The van der Waals surface area contributed by atoms with Gasteiger partial charge in [-0.25, -0.2) is 9.59 Å². The highest BCUT2D eigenvalue weighted by atomic mass is 16.6. The molecular formula is C22H31NO4. The van der Waals surface area contributed by atoms with Crippen LogP contribution in [0, 0.1) is 0 Å². The van der Waals surface area contributed by atoms with Gasteiger partial charge < -0.3 is 14.8 Å². The molecule has 1 amide bonds. The van der Waals surface area contributed by atoms with E-state index in [-0.39, 0.29) is 6.61 Å². The van der Waals surface area contributed by atoms with Gasteiger partial charge in [0.25, 0.3) is 0 Å². The van der Waals surface area contributed by atoms with Gasteiger partial charge in [-0.15, -0.1) is 6.58 Å². The first-order valence-corrected chi connectivity index (χ1v) is 9.20. The molecule has 5 heteroatoms. The molecule has 1 aromatic carbocycles. The highest BCUT2D eigenvalue weighted by Gasteiger charge is 2.25. The first kappa shape index (κ1) is 22.5. The predicted octanol–water partition coefficient (Wildman–Crippen LogP) is 4.93. The molecule has 1 atom stereocenters. The molecule has 0 bridgehead atoms. The number of rotatable bonds is 9. The SMILES string of the molecule is C=CC/C(=C\C)CC[C@H](NC(=O)OC(C)(C)C)C(=O)OCc1ccccc1. The fourth-order valence-electron chi connectivity index (χ4n) is 2.41. The van der Waals surface area contributed by atoms with Crippen LogP contribution in [0.3, 0.4) is 0 Å². The van der Waals surface area contributed by atoms with E-state index in [9.17, 15) is 9.59 Å². The predicted molar refractivity (Wildman–Crippen MR) is 107 cm³/mol. The molecule has 0 heterocycles. The molecule has 0 saturated heterocycles. The van der Waals surface area contributed by atoms with Crippen LogP contribution >= 0.6 is 0 Å². The Hall–Kier alpha value is -2.56. The third-order valence-electron chi connectivity index (χ3n) is 3.77. The summed E-state index contributed by atoms with van der Waals surface area (Å²) >= 11 is 0. The zero-order chi connectivity index (χ0) is 20.3. The number of carbonyl (C=O) groups is 2. The van der Waals surface area contributed by atoms with Crippen LogP contribution in [0.15, 0.2) is 54.6 Å². The minimum absolute atomic E-state index is 0.162. The van der Waals surface area contributed by atoms with Gasteiger partial charge in [0, 0.05) is 0 Å². The Morgan fingerprint density at radius 1 is 1.22 bits per heavy atom. The second-order valence-corrected chi connectivity index (χ2v) is 7.27. The third kappa shape index (κ3) is 9.64. The molecule has 0 aliphatic heterocycles. The van der Waals surface area contributed by atoms with E-state index >= 15 is 0 Å². The zero-order valence-electron chi connectivity index (χ0n) is 16.8. The van der Waals surface area contributed by atoms with E-state index in [1.54, 1.807) is 20.8 Å². The summed E-state index contributed by atoms with van der Waals surface area (Å²) in [5, 5.41) is 2.64. The molecule has 0 unspecified atom stereocenters. The molecule has 148 valence electrons. The van der Waals surface area contributed by atoms with E-state index in [4.69, 9.17) is 9.47 Å². The number of alkyl carbamates (subject to hydrolysis) is 1. The van der Waals surface area contributed by atoms with E-state index in [1.807, 2.05) is 49.4 Å². The number of hydrogen-bond acceptors (Lipinski definition) is 4. The van der Waals surface area contributed by atoms with Crippen LogP contribution in [0.2, 0.25) is 0 Å². The van der Waals surface area contributed by atoms with E-state index in [2.05, 4.69) is 11.9 Å². The number of esters is 1. The topological polar surface area (TPSA) is 64.6 Å². The van der Waals surface area contributed by atoms with Gasteiger partial charge in [-0.3, -0.25) is 0 Å². The number of allylic oxidation sites excluding steroid dienone is 3. The maximum Gasteiger partial charge on any atom is 0.408 e. The van der Waals surface area contributed by atoms with Crippen molar-refractivity contribution in [3.8, 4) is 0 Å². The molecule has 27 heavy (non-hydrogen) atoms. The van der Waals surface area contributed by atoms with Crippen molar-refractivity contribution in [3.05, 3.63) is 60.2 Å². The minimum atomic E-state index is -0.775. The van der Waals surface area contributed by atoms with Gasteiger partial charge in [-0.2, -0.15) is 0 Å². The first-order chi connectivity index (χ1) is 12.7. The van der Waals surface area contributed by atoms with E-state index < -0.39 is 23.7 Å². The lowest BCUT2D eigenvalue weighted by Crippen LogP contribution is -2.44. The van der Waals surface area contributed by atoms with Crippen molar-refractivity contribution < 1.29 is 19.1 Å². The van der Waals surface area contributed by atoms with Crippen molar-refractivity contribution in [1.82, 2.24) is 5.32 Å². The Labute approximate surface area is 162 Å². The van der Waals surface area contributed by atoms with Crippen molar-refractivity contribution in [3.63, 3.8) is 0 Å². The third-order valence-corrected chi connectivity index (χ3v) is 3.77. The smallest absolute Gasteiger partial charge is 0.408 e. The van der Waals surface area contributed by atoms with Gasteiger partial charge in [0.2, 0.25) is 0 Å². The van der Waals surface area contributed by atoms with Crippen LogP contribution in [-0.2, 0) is 20.9 Å². The Morgan fingerprint density at radius 2 is 1.89 bits per heavy atom. The first-order valence-electron chi connectivity index (χ1n) is 9.20. The second-order valence-electron chi connectivity index (χ2n) is 7.27. The molecule has 0 fully saturated rings. The lowest BCUT2D eigenvalue weighted by molar-refractivity contribution is -0.147. The van der Waals surface area contributed by atoms with Gasteiger partial charge in [-0.1, -0.05) is 48.1 Å². The largest absolute Gasteiger partial charge is 0.459 e. The molecule has 0 aromatic heterocycles. The second kappa shape index (κ2) is 11.2. The monoisotopic (exact) mass is 373 g/mol. The highest BCUT2D eigenvalue weighted by Crippen LogP contribution is 2.15. The molecule has 1 rings (SSSR count). The van der Waals surface area contributed by atoms with Crippen molar-refractivity contribution in [1.29, 1.82) is 0 Å². The number of hydrogen-bond donors (Lipinski definition) is 1. The zero-order valence-corrected chi connectivity index (χ0v) is 16.8. The number of benzene rings is 1. The summed E-state index contributed by atoms with van der Waals surface area (Å²) in [7, 11) is 0. The number of nitrogens with one attached hydrogen (secondary N) is 1. The summed E-state index contributed by atoms with van der Waals surface area (Å²) in [6.45, 7) is 11.2. The number of amides is 1. The molecule has 0 saturated carbocycles. The maximum atomic E-state index is 12.5. The van der Waals surface area contributed by atoms with Gasteiger partial charge >= 0.3 is 12.1 Å². The summed E-state index contributed by atoms with van der Waals surface area (Å²) in [4.78, 5) is 24.7. The van der Waals surface area contributed by atoms with Crippen LogP contribution in [0.25, 0.3) is 0 Å². The summed E-state index contributed by atoms with van der Waals surface area (Å²) in [6.07, 6.45) is 5.02. The molecule has 5 nitrogen and oxygen atoms in total. The molecule has 1 aromatic rings. The summed E-state index contributed by atoms with van der Waals surface area (Å²) in [5.41, 5.74) is 1.40. The Bertz CT molecular complexity index is 644. The molecule has 0 aliphatic carbocycles. The normalized spacial score (nSPS) is 12.8. The molecule has 1 N–H and O–H groups in total. The molecule has 0 aliphatic rings. The van der Waals surface area contributed by atoms with Crippen LogP contribution in [0.4, 0.5) is 4.79 Å². The maximum absolute atomic E-state index is 12.5. The van der Waals surface area contributed by atoms with Crippen LogP contribution in [0.5, 0.6) is 0 Å². The van der Waals surface area contributed by atoms with E-state index in [0.29, 0.717) is 12.8 Å². The summed E-state index contributed by atoms with van der Waals surface area (Å²) in [5.74, 6) is -0.473. The average molecular weight is 373 g/mol. The highest BCUT2D eigenvalue weighted by molar-refractivity contribution is 5.81. The Kier molecular flexibility index (Phi) is 9.34. The molecule has 0 radical (unpaired) electrons. The van der Waals surface area contributed by atoms with Crippen LogP contribution < -0.4 is 5.32 Å². The fraction of sp³-hybridized carbons (Fsp3) is 0.455.